The third kappa shape index (κ3) is 6.42. The van der Waals surface area contributed by atoms with E-state index in [2.05, 4.69) is 21.1 Å². The van der Waals surface area contributed by atoms with Gasteiger partial charge in [0.2, 0.25) is 0 Å². The normalized spacial score (nSPS) is 26.2. The summed E-state index contributed by atoms with van der Waals surface area (Å²) in [5.41, 5.74) is 0. The minimum atomic E-state index is -4.17. The van der Waals surface area contributed by atoms with Crippen molar-refractivity contribution in [2.75, 3.05) is 34.2 Å². The highest BCUT2D eigenvalue weighted by atomic mass is 127. The van der Waals surface area contributed by atoms with Crippen LogP contribution in [-0.2, 0) is 9.09 Å². The summed E-state index contributed by atoms with van der Waals surface area (Å²) in [6, 6.07) is 0.216. The van der Waals surface area contributed by atoms with Crippen molar-refractivity contribution in [3.63, 3.8) is 0 Å². The molecule has 21 heavy (non-hydrogen) atoms. The van der Waals surface area contributed by atoms with Crippen LogP contribution in [-0.4, -0.2) is 55.5 Å². The van der Waals surface area contributed by atoms with Crippen molar-refractivity contribution in [2.45, 2.75) is 58.1 Å². The van der Waals surface area contributed by atoms with Crippen molar-refractivity contribution in [2.24, 2.45) is 0 Å². The lowest BCUT2D eigenvalue weighted by Gasteiger charge is -2.42. The second kappa shape index (κ2) is 9.16. The molecule has 1 saturated carbocycles. The topological polar surface area (TPSA) is 29.5 Å². The lowest BCUT2D eigenvalue weighted by atomic mass is 9.91. The minimum absolute atomic E-state index is 0. The summed E-state index contributed by atoms with van der Waals surface area (Å²) in [7, 11) is 2.12. The number of quaternary nitrogens is 1. The number of hydrogen-bond acceptors (Lipinski definition) is 2. The third-order valence-corrected chi connectivity index (χ3v) is 5.80. The first-order valence-electron chi connectivity index (χ1n) is 7.77. The Hall–Kier alpha value is 0.770. The molecule has 0 aromatic carbocycles. The van der Waals surface area contributed by atoms with E-state index < -0.39 is 7.83 Å². The summed E-state index contributed by atoms with van der Waals surface area (Å²) < 4.78 is 34.5. The van der Waals surface area contributed by atoms with E-state index in [0.717, 1.165) is 36.6 Å². The van der Waals surface area contributed by atoms with Crippen molar-refractivity contribution in [3.8, 4) is 0 Å². The highest BCUT2D eigenvalue weighted by Crippen LogP contribution is 2.55. The highest BCUT2D eigenvalue weighted by Gasteiger charge is 2.42. The van der Waals surface area contributed by atoms with Crippen LogP contribution < -0.4 is 24.0 Å². The van der Waals surface area contributed by atoms with Gasteiger partial charge < -0.3 is 28.5 Å². The first-order valence-corrected chi connectivity index (χ1v) is 9.23. The van der Waals surface area contributed by atoms with Crippen molar-refractivity contribution in [3.05, 3.63) is 0 Å². The van der Waals surface area contributed by atoms with Crippen LogP contribution >= 0.6 is 7.83 Å². The Morgan fingerprint density at radius 2 is 1.81 bits per heavy atom. The first kappa shape index (κ1) is 21.8. The molecule has 0 heterocycles. The molecule has 1 rings (SSSR count). The summed E-state index contributed by atoms with van der Waals surface area (Å²) in [5.74, 6) is 0. The van der Waals surface area contributed by atoms with E-state index in [-0.39, 0.29) is 36.1 Å². The van der Waals surface area contributed by atoms with Gasteiger partial charge >= 0.3 is 7.83 Å². The molecule has 0 aromatic heterocycles. The van der Waals surface area contributed by atoms with Gasteiger partial charge in [0.1, 0.15) is 12.1 Å². The second-order valence-electron chi connectivity index (χ2n) is 6.61. The molecule has 0 saturated heterocycles. The predicted octanol–water partition coefficient (Wildman–Crippen LogP) is 0.834. The maximum Gasteiger partial charge on any atom is 0.445 e. The molecule has 0 N–H and O–H groups in total. The zero-order valence-corrected chi connectivity index (χ0v) is 17.1. The number of halogens is 2. The monoisotopic (exact) mass is 436 g/mol. The smallest absolute Gasteiger partial charge is 0.445 e. The standard InChI is InChI=1S/C14H31FN2O2P.HI/c1-6-12-16(7-2)20(15,18)19-14-11-9-8-10-13(14)17(3,4)5;/h13-14H,6-12H2,1-5H3;1H/q+1;/p-1/t13-,14-,20?;/m0./s1. The molecule has 0 aliphatic heterocycles. The Balaban J connectivity index is 0.00000400. The van der Waals surface area contributed by atoms with Gasteiger partial charge in [0.15, 0.2) is 0 Å². The number of hydrogen-bond donors (Lipinski definition) is 0. The van der Waals surface area contributed by atoms with Crippen molar-refractivity contribution in [1.29, 1.82) is 0 Å². The van der Waals surface area contributed by atoms with Crippen molar-refractivity contribution < 1.29 is 41.7 Å². The fourth-order valence-electron chi connectivity index (χ4n) is 3.02. The number of rotatable bonds is 7. The average molecular weight is 436 g/mol. The van der Waals surface area contributed by atoms with Crippen LogP contribution in [0.15, 0.2) is 0 Å². The van der Waals surface area contributed by atoms with E-state index in [4.69, 9.17) is 4.52 Å². The molecule has 0 radical (unpaired) electrons. The van der Waals surface area contributed by atoms with Gasteiger partial charge in [-0.15, -0.1) is 4.20 Å². The maximum atomic E-state index is 14.5. The zero-order valence-electron chi connectivity index (χ0n) is 14.0. The molecule has 128 valence electrons. The molecule has 0 bridgehead atoms. The Morgan fingerprint density at radius 1 is 1.24 bits per heavy atom. The summed E-state index contributed by atoms with van der Waals surface area (Å²) in [4.78, 5) is 0. The van der Waals surface area contributed by atoms with Crippen LogP contribution in [0.5, 0.6) is 0 Å². The van der Waals surface area contributed by atoms with Crippen LogP contribution in [0.1, 0.15) is 46.0 Å². The molecule has 1 unspecified atom stereocenters. The second-order valence-corrected chi connectivity index (χ2v) is 8.29. The highest BCUT2D eigenvalue weighted by molar-refractivity contribution is 7.50. The SMILES string of the molecule is CCCN(CC)P(=O)(F)O[C@H]1CCCC[C@@H]1[N+](C)(C)C.[I-]. The Kier molecular flexibility index (Phi) is 9.50. The summed E-state index contributed by atoms with van der Waals surface area (Å²) in [6.45, 7) is 4.68. The molecule has 7 heteroatoms. The van der Waals surface area contributed by atoms with E-state index in [9.17, 15) is 8.76 Å². The molecular formula is C14H31FIN2O2P. The van der Waals surface area contributed by atoms with Gasteiger partial charge in [-0.1, -0.05) is 20.3 Å². The zero-order chi connectivity index (χ0) is 15.4. The maximum absolute atomic E-state index is 14.5. The molecule has 0 aromatic rings. The molecule has 1 fully saturated rings. The van der Waals surface area contributed by atoms with Gasteiger partial charge in [0, 0.05) is 19.5 Å². The Morgan fingerprint density at radius 3 is 2.29 bits per heavy atom. The van der Waals surface area contributed by atoms with E-state index in [1.807, 2.05) is 13.8 Å². The fourth-order valence-corrected chi connectivity index (χ4v) is 4.51. The van der Waals surface area contributed by atoms with Gasteiger partial charge in [-0.2, -0.15) is 0 Å². The lowest BCUT2D eigenvalue weighted by Crippen LogP contribution is -3.00. The van der Waals surface area contributed by atoms with Crippen molar-refractivity contribution in [1.82, 2.24) is 4.67 Å². The average Bonchev–Trinajstić information content (AvgIpc) is 2.34. The summed E-state index contributed by atoms with van der Waals surface area (Å²) in [6.07, 6.45) is 4.51. The van der Waals surface area contributed by atoms with Crippen LogP contribution in [0.4, 0.5) is 4.20 Å². The molecule has 4 nitrogen and oxygen atoms in total. The van der Waals surface area contributed by atoms with Crippen molar-refractivity contribution >= 4 is 7.83 Å². The molecular weight excluding hydrogens is 405 g/mol. The quantitative estimate of drug-likeness (QED) is 0.337. The molecule has 3 atom stereocenters. The van der Waals surface area contributed by atoms with E-state index >= 15 is 0 Å². The molecule has 0 amide bonds. The van der Waals surface area contributed by atoms with Gasteiger partial charge in [0.05, 0.1) is 21.1 Å². The van der Waals surface area contributed by atoms with Crippen LogP contribution in [0.25, 0.3) is 0 Å². The summed E-state index contributed by atoms with van der Waals surface area (Å²) >= 11 is 0. The number of nitrogens with zero attached hydrogens (tertiary/aromatic N) is 2. The van der Waals surface area contributed by atoms with Gasteiger partial charge in [0.25, 0.3) is 0 Å². The molecule has 1 aliphatic carbocycles. The molecule has 1 aliphatic rings. The van der Waals surface area contributed by atoms with Gasteiger partial charge in [-0.05, 0) is 19.3 Å². The van der Waals surface area contributed by atoms with Crippen LogP contribution in [0, 0.1) is 0 Å². The first-order chi connectivity index (χ1) is 9.22. The van der Waals surface area contributed by atoms with E-state index in [0.29, 0.717) is 13.1 Å². The summed E-state index contributed by atoms with van der Waals surface area (Å²) in [5, 5.41) is 0. The van der Waals surface area contributed by atoms with E-state index in [1.54, 1.807) is 0 Å². The van der Waals surface area contributed by atoms with Crippen LogP contribution in [0.3, 0.4) is 0 Å². The van der Waals surface area contributed by atoms with Gasteiger partial charge in [-0.3, -0.25) is 4.52 Å². The lowest BCUT2D eigenvalue weighted by molar-refractivity contribution is -0.900. The van der Waals surface area contributed by atoms with Gasteiger partial charge in [-0.25, -0.2) is 9.24 Å². The van der Waals surface area contributed by atoms with E-state index in [1.165, 1.54) is 4.67 Å². The van der Waals surface area contributed by atoms with Crippen LogP contribution in [0.2, 0.25) is 0 Å². The fraction of sp³-hybridized carbons (Fsp3) is 1.00. The minimum Gasteiger partial charge on any atom is -1.00 e. The largest absolute Gasteiger partial charge is 1.00 e. The third-order valence-electron chi connectivity index (χ3n) is 4.11. The predicted molar refractivity (Wildman–Crippen MR) is 81.4 cm³/mol. The Bertz CT molecular complexity index is 352. The molecule has 0 spiro atoms. The Labute approximate surface area is 146 Å². The number of likely N-dealkylation sites (N-methyl/N-ethyl adjacent to an activating group) is 1.